The molecule has 5 heteroatoms. The zero-order valence-corrected chi connectivity index (χ0v) is 14.1. The molecule has 3 nitrogen and oxygen atoms in total. The van der Waals surface area contributed by atoms with Crippen LogP contribution in [0.5, 0.6) is 0 Å². The lowest BCUT2D eigenvalue weighted by Crippen LogP contribution is -2.28. The Morgan fingerprint density at radius 3 is 2.24 bits per heavy atom. The Labute approximate surface area is 138 Å². The predicted octanol–water partition coefficient (Wildman–Crippen LogP) is 4.11. The molecule has 1 N–H and O–H groups in total. The van der Waals surface area contributed by atoms with E-state index in [0.29, 0.717) is 10.4 Å². The highest BCUT2D eigenvalue weighted by atomic mass is 79.9. The van der Waals surface area contributed by atoms with Gasteiger partial charge in [0, 0.05) is 18.1 Å². The highest BCUT2D eigenvalue weighted by Crippen LogP contribution is 2.08. The van der Waals surface area contributed by atoms with Gasteiger partial charge in [-0.05, 0) is 29.9 Å². The normalized spacial score (nSPS) is 11.0. The first-order chi connectivity index (χ1) is 10.2. The number of alkyl halides is 1. The minimum atomic E-state index is 0.551. The minimum absolute atomic E-state index is 0.551. The topological polar surface area (TPSA) is 27.6 Å². The second-order valence-electron chi connectivity index (χ2n) is 4.37. The Morgan fingerprint density at radius 1 is 1.10 bits per heavy atom. The lowest BCUT2D eigenvalue weighted by Gasteiger charge is -2.17. The Balaban J connectivity index is 2.09. The number of benzene rings is 2. The number of nitrogens with one attached hydrogen (secondary N) is 1. The summed E-state index contributed by atoms with van der Waals surface area (Å²) in [5, 5.41) is 10.6. The first-order valence-corrected chi connectivity index (χ1v) is 8.02. The molecule has 0 aliphatic heterocycles. The molecule has 0 aliphatic rings. The average molecular weight is 362 g/mol. The molecule has 0 saturated heterocycles. The molecule has 21 heavy (non-hydrogen) atoms. The fraction of sp³-hybridized carbons (Fsp3) is 0.125. The van der Waals surface area contributed by atoms with E-state index in [4.69, 9.17) is 12.2 Å². The van der Waals surface area contributed by atoms with Crippen LogP contribution >= 0.6 is 28.1 Å². The van der Waals surface area contributed by atoms with Gasteiger partial charge in [-0.1, -0.05) is 64.5 Å². The number of rotatable bonds is 4. The number of anilines is 1. The fourth-order valence-corrected chi connectivity index (χ4v) is 2.34. The van der Waals surface area contributed by atoms with Gasteiger partial charge in [0.1, 0.15) is 0 Å². The Bertz CT molecular complexity index is 614. The summed E-state index contributed by atoms with van der Waals surface area (Å²) in [6, 6.07) is 19.9. The van der Waals surface area contributed by atoms with Crippen LogP contribution in [-0.4, -0.2) is 28.2 Å². The largest absolute Gasteiger partial charge is 0.331 e. The maximum absolute atomic E-state index is 5.37. The second-order valence-corrected chi connectivity index (χ2v) is 5.31. The summed E-state index contributed by atoms with van der Waals surface area (Å²) in [5.74, 6) is 0. The van der Waals surface area contributed by atoms with Gasteiger partial charge in [-0.2, -0.15) is 5.10 Å². The predicted molar refractivity (Wildman–Crippen MR) is 97.2 cm³/mol. The van der Waals surface area contributed by atoms with Crippen molar-refractivity contribution in [1.82, 2.24) is 5.01 Å². The smallest absolute Gasteiger partial charge is 0.193 e. The van der Waals surface area contributed by atoms with Crippen LogP contribution < -0.4 is 5.32 Å². The molecule has 0 spiro atoms. The van der Waals surface area contributed by atoms with Gasteiger partial charge >= 0.3 is 0 Å². The molecule has 0 fully saturated rings. The molecule has 0 bridgehead atoms. The molecule has 0 aromatic heterocycles. The number of hydrazone groups is 1. The number of nitrogens with zero attached hydrogens (tertiary/aromatic N) is 2. The van der Waals surface area contributed by atoms with Crippen molar-refractivity contribution in [3.8, 4) is 0 Å². The number of hydrogen-bond donors (Lipinski definition) is 1. The van der Waals surface area contributed by atoms with Gasteiger partial charge in [-0.3, -0.25) is 0 Å². The van der Waals surface area contributed by atoms with Gasteiger partial charge in [0.05, 0.1) is 5.71 Å². The molecule has 0 aliphatic carbocycles. The summed E-state index contributed by atoms with van der Waals surface area (Å²) in [7, 11) is 1.84. The van der Waals surface area contributed by atoms with Crippen molar-refractivity contribution in [2.45, 2.75) is 0 Å². The Kier molecular flexibility index (Phi) is 5.90. The molecule has 0 atom stereocenters. The summed E-state index contributed by atoms with van der Waals surface area (Å²) >= 11 is 8.84. The summed E-state index contributed by atoms with van der Waals surface area (Å²) < 4.78 is 0. The number of halogens is 1. The van der Waals surface area contributed by atoms with E-state index in [0.717, 1.165) is 17.0 Å². The van der Waals surface area contributed by atoms with Gasteiger partial charge in [0.2, 0.25) is 0 Å². The molecule has 0 unspecified atom stereocenters. The lowest BCUT2D eigenvalue weighted by molar-refractivity contribution is 0.553. The average Bonchev–Trinajstić information content (AvgIpc) is 2.54. The molecule has 2 aromatic carbocycles. The molecule has 108 valence electrons. The number of hydrogen-bond acceptors (Lipinski definition) is 2. The molecule has 0 amide bonds. The van der Waals surface area contributed by atoms with E-state index in [2.05, 4.69) is 26.3 Å². The van der Waals surface area contributed by atoms with E-state index >= 15 is 0 Å². The molecular formula is C16H16BrN3S. The maximum atomic E-state index is 5.37. The van der Waals surface area contributed by atoms with Crippen LogP contribution in [0.1, 0.15) is 5.56 Å². The van der Waals surface area contributed by atoms with Crippen LogP contribution in [0.3, 0.4) is 0 Å². The molecule has 2 aromatic rings. The van der Waals surface area contributed by atoms with Crippen molar-refractivity contribution in [2.24, 2.45) is 5.10 Å². The van der Waals surface area contributed by atoms with Gasteiger partial charge in [0.25, 0.3) is 0 Å². The van der Waals surface area contributed by atoms with E-state index in [-0.39, 0.29) is 0 Å². The third kappa shape index (κ3) is 4.65. The molecule has 0 saturated carbocycles. The summed E-state index contributed by atoms with van der Waals surface area (Å²) in [6.07, 6.45) is 0. The number of para-hydroxylation sites is 1. The van der Waals surface area contributed by atoms with Crippen molar-refractivity contribution in [3.05, 3.63) is 66.2 Å². The highest BCUT2D eigenvalue weighted by molar-refractivity contribution is 9.09. The van der Waals surface area contributed by atoms with Gasteiger partial charge in [0.15, 0.2) is 5.11 Å². The van der Waals surface area contributed by atoms with Crippen molar-refractivity contribution >= 4 is 44.7 Å². The molecule has 0 heterocycles. The van der Waals surface area contributed by atoms with Gasteiger partial charge in [-0.15, -0.1) is 0 Å². The minimum Gasteiger partial charge on any atom is -0.331 e. The zero-order valence-electron chi connectivity index (χ0n) is 11.7. The Morgan fingerprint density at radius 2 is 1.67 bits per heavy atom. The monoisotopic (exact) mass is 361 g/mol. The van der Waals surface area contributed by atoms with Gasteiger partial charge in [-0.25, -0.2) is 5.01 Å². The first kappa shape index (κ1) is 15.7. The molecular weight excluding hydrogens is 346 g/mol. The lowest BCUT2D eigenvalue weighted by atomic mass is 10.1. The SMILES string of the molecule is CN(/N=C(/CBr)c1ccccc1)C(=S)Nc1ccccc1. The van der Waals surface area contributed by atoms with E-state index in [1.165, 1.54) is 0 Å². The third-order valence-electron chi connectivity index (χ3n) is 2.82. The summed E-state index contributed by atoms with van der Waals surface area (Å²) in [6.45, 7) is 0. The summed E-state index contributed by atoms with van der Waals surface area (Å²) in [5.41, 5.74) is 2.95. The standard InChI is InChI=1S/C16H16BrN3S/c1-20(16(21)18-14-10-6-3-7-11-14)19-15(12-17)13-8-4-2-5-9-13/h2-11H,12H2,1H3,(H,18,21)/b19-15-. The van der Waals surface area contributed by atoms with E-state index in [9.17, 15) is 0 Å². The third-order valence-corrected chi connectivity index (χ3v) is 3.72. The van der Waals surface area contributed by atoms with Crippen LogP contribution in [0.25, 0.3) is 0 Å². The second kappa shape index (κ2) is 7.90. The molecule has 2 rings (SSSR count). The van der Waals surface area contributed by atoms with Crippen LogP contribution in [0, 0.1) is 0 Å². The number of thiocarbonyl (C=S) groups is 1. The highest BCUT2D eigenvalue weighted by Gasteiger charge is 2.07. The zero-order chi connectivity index (χ0) is 15.1. The van der Waals surface area contributed by atoms with Crippen LogP contribution in [0.15, 0.2) is 65.8 Å². The van der Waals surface area contributed by atoms with Crippen molar-refractivity contribution in [3.63, 3.8) is 0 Å². The molecule has 0 radical (unpaired) electrons. The Hall–Kier alpha value is -1.72. The van der Waals surface area contributed by atoms with Crippen molar-refractivity contribution in [2.75, 3.05) is 17.7 Å². The van der Waals surface area contributed by atoms with Crippen LogP contribution in [0.2, 0.25) is 0 Å². The first-order valence-electron chi connectivity index (χ1n) is 6.49. The van der Waals surface area contributed by atoms with Crippen molar-refractivity contribution < 1.29 is 0 Å². The van der Waals surface area contributed by atoms with Crippen LogP contribution in [0.4, 0.5) is 5.69 Å². The van der Waals surface area contributed by atoms with E-state index in [1.54, 1.807) is 5.01 Å². The van der Waals surface area contributed by atoms with Crippen molar-refractivity contribution in [1.29, 1.82) is 0 Å². The maximum Gasteiger partial charge on any atom is 0.193 e. The fourth-order valence-electron chi connectivity index (χ4n) is 1.74. The van der Waals surface area contributed by atoms with Gasteiger partial charge < -0.3 is 5.32 Å². The van der Waals surface area contributed by atoms with Crippen LogP contribution in [-0.2, 0) is 0 Å². The summed E-state index contributed by atoms with van der Waals surface area (Å²) in [4.78, 5) is 0. The van der Waals surface area contributed by atoms with E-state index in [1.807, 2.05) is 67.7 Å². The quantitative estimate of drug-likeness (QED) is 0.384. The van der Waals surface area contributed by atoms with E-state index < -0.39 is 0 Å².